The van der Waals surface area contributed by atoms with E-state index in [9.17, 15) is 9.18 Å². The van der Waals surface area contributed by atoms with Crippen LogP contribution in [0.2, 0.25) is 0 Å². The van der Waals surface area contributed by atoms with Gasteiger partial charge in [0, 0.05) is 44.2 Å². The van der Waals surface area contributed by atoms with Crippen LogP contribution in [-0.4, -0.2) is 29.8 Å². The first-order valence-electron chi connectivity index (χ1n) is 4.10. The van der Waals surface area contributed by atoms with Crippen LogP contribution in [0.15, 0.2) is 30.6 Å². The molecule has 0 saturated heterocycles. The van der Waals surface area contributed by atoms with Crippen LogP contribution in [0, 0.1) is 5.95 Å². The Hall–Kier alpha value is -1.71. The van der Waals surface area contributed by atoms with Gasteiger partial charge in [0.25, 0.3) is 0 Å². The Morgan fingerprint density at radius 3 is 2.86 bits per heavy atom. The molecule has 0 radical (unpaired) electrons. The SMILES string of the molecule is CN(C)/C=C/C(=O)c1ccnc(F)c1. The fraction of sp³-hybridized carbons (Fsp3) is 0.200. The molecule has 0 aliphatic carbocycles. The van der Waals surface area contributed by atoms with Crippen molar-refractivity contribution in [2.24, 2.45) is 0 Å². The Morgan fingerprint density at radius 2 is 2.29 bits per heavy atom. The molecule has 0 aromatic carbocycles. The monoisotopic (exact) mass is 194 g/mol. The van der Waals surface area contributed by atoms with Crippen LogP contribution in [0.4, 0.5) is 4.39 Å². The number of rotatable bonds is 3. The molecule has 0 aliphatic heterocycles. The molecule has 1 aromatic rings. The molecule has 0 aliphatic rings. The summed E-state index contributed by atoms with van der Waals surface area (Å²) in [6.07, 6.45) is 4.27. The van der Waals surface area contributed by atoms with E-state index in [2.05, 4.69) is 4.98 Å². The Labute approximate surface area is 81.9 Å². The molecule has 0 fully saturated rings. The van der Waals surface area contributed by atoms with Gasteiger partial charge in [-0.2, -0.15) is 4.39 Å². The number of carbonyl (C=O) groups is 1. The van der Waals surface area contributed by atoms with Gasteiger partial charge in [-0.05, 0) is 6.07 Å². The molecule has 14 heavy (non-hydrogen) atoms. The normalized spacial score (nSPS) is 10.5. The van der Waals surface area contributed by atoms with Gasteiger partial charge in [0.05, 0.1) is 0 Å². The van der Waals surface area contributed by atoms with Crippen LogP contribution in [0.5, 0.6) is 0 Å². The first kappa shape index (κ1) is 10.4. The van der Waals surface area contributed by atoms with Crippen molar-refractivity contribution in [2.75, 3.05) is 14.1 Å². The van der Waals surface area contributed by atoms with Crippen molar-refractivity contribution in [1.82, 2.24) is 9.88 Å². The molecule has 4 heteroatoms. The molecule has 3 nitrogen and oxygen atoms in total. The number of hydrogen-bond acceptors (Lipinski definition) is 3. The minimum absolute atomic E-state index is 0.236. The number of nitrogens with zero attached hydrogens (tertiary/aromatic N) is 2. The average Bonchev–Trinajstić information content (AvgIpc) is 2.14. The van der Waals surface area contributed by atoms with Gasteiger partial charge in [0.15, 0.2) is 5.78 Å². The maximum absolute atomic E-state index is 12.6. The smallest absolute Gasteiger partial charge is 0.213 e. The minimum Gasteiger partial charge on any atom is -0.383 e. The average molecular weight is 194 g/mol. The van der Waals surface area contributed by atoms with Gasteiger partial charge in [-0.1, -0.05) is 0 Å². The van der Waals surface area contributed by atoms with Crippen LogP contribution in [0.3, 0.4) is 0 Å². The zero-order valence-electron chi connectivity index (χ0n) is 8.07. The summed E-state index contributed by atoms with van der Waals surface area (Å²) in [5, 5.41) is 0. The van der Waals surface area contributed by atoms with E-state index in [0.717, 1.165) is 6.07 Å². The van der Waals surface area contributed by atoms with E-state index in [1.807, 2.05) is 0 Å². The van der Waals surface area contributed by atoms with Gasteiger partial charge in [0.1, 0.15) is 0 Å². The lowest BCUT2D eigenvalue weighted by Crippen LogP contribution is -2.03. The second-order valence-corrected chi connectivity index (χ2v) is 3.01. The van der Waals surface area contributed by atoms with Gasteiger partial charge in [-0.15, -0.1) is 0 Å². The molecule has 0 amide bonds. The van der Waals surface area contributed by atoms with E-state index in [1.54, 1.807) is 25.2 Å². The highest BCUT2D eigenvalue weighted by molar-refractivity contribution is 6.04. The highest BCUT2D eigenvalue weighted by Gasteiger charge is 2.02. The summed E-state index contributed by atoms with van der Waals surface area (Å²) in [4.78, 5) is 16.5. The zero-order valence-corrected chi connectivity index (χ0v) is 8.07. The fourth-order valence-electron chi connectivity index (χ4n) is 0.869. The molecule has 1 aromatic heterocycles. The van der Waals surface area contributed by atoms with Crippen LogP contribution in [-0.2, 0) is 0 Å². The molecule has 0 unspecified atom stereocenters. The molecule has 74 valence electrons. The first-order valence-corrected chi connectivity index (χ1v) is 4.10. The van der Waals surface area contributed by atoms with E-state index >= 15 is 0 Å². The summed E-state index contributed by atoms with van der Waals surface area (Å²) in [7, 11) is 3.60. The molecular formula is C10H11FN2O. The molecular weight excluding hydrogens is 183 g/mol. The minimum atomic E-state index is -0.644. The third-order valence-corrected chi connectivity index (χ3v) is 1.54. The maximum Gasteiger partial charge on any atom is 0.213 e. The van der Waals surface area contributed by atoms with Crippen LogP contribution in [0.1, 0.15) is 10.4 Å². The van der Waals surface area contributed by atoms with Gasteiger partial charge < -0.3 is 4.90 Å². The number of aromatic nitrogens is 1. The highest BCUT2D eigenvalue weighted by atomic mass is 19.1. The number of ketones is 1. The molecule has 0 bridgehead atoms. The number of carbonyl (C=O) groups excluding carboxylic acids is 1. The van der Waals surface area contributed by atoms with Gasteiger partial charge >= 0.3 is 0 Å². The summed E-state index contributed by atoms with van der Waals surface area (Å²) < 4.78 is 12.6. The lowest BCUT2D eigenvalue weighted by Gasteiger charge is -2.02. The molecule has 0 N–H and O–H groups in total. The topological polar surface area (TPSA) is 33.2 Å². The molecule has 0 saturated carbocycles. The predicted octanol–water partition coefficient (Wildman–Crippen LogP) is 1.48. The van der Waals surface area contributed by atoms with E-state index in [0.29, 0.717) is 5.56 Å². The number of hydrogen-bond donors (Lipinski definition) is 0. The summed E-state index contributed by atoms with van der Waals surface area (Å²) in [5.41, 5.74) is 0.301. The van der Waals surface area contributed by atoms with Crippen molar-refractivity contribution in [3.8, 4) is 0 Å². The van der Waals surface area contributed by atoms with E-state index in [-0.39, 0.29) is 5.78 Å². The number of allylic oxidation sites excluding steroid dienone is 1. The third-order valence-electron chi connectivity index (χ3n) is 1.54. The van der Waals surface area contributed by atoms with Crippen LogP contribution < -0.4 is 0 Å². The fourth-order valence-corrected chi connectivity index (χ4v) is 0.869. The predicted molar refractivity (Wildman–Crippen MR) is 51.4 cm³/mol. The van der Waals surface area contributed by atoms with Gasteiger partial charge in [-0.25, -0.2) is 4.98 Å². The van der Waals surface area contributed by atoms with Gasteiger partial charge in [0.2, 0.25) is 5.95 Å². The highest BCUT2D eigenvalue weighted by Crippen LogP contribution is 2.02. The van der Waals surface area contributed by atoms with Crippen LogP contribution in [0.25, 0.3) is 0 Å². The Morgan fingerprint density at radius 1 is 1.57 bits per heavy atom. The van der Waals surface area contributed by atoms with Crippen LogP contribution >= 0.6 is 0 Å². The van der Waals surface area contributed by atoms with Crippen molar-refractivity contribution >= 4 is 5.78 Å². The molecule has 0 spiro atoms. The Bertz CT molecular complexity index is 361. The second kappa shape index (κ2) is 4.50. The maximum atomic E-state index is 12.6. The first-order chi connectivity index (χ1) is 6.59. The summed E-state index contributed by atoms with van der Waals surface area (Å²) in [5.74, 6) is -0.880. The standard InChI is InChI=1S/C10H11FN2O/c1-13(2)6-4-9(14)8-3-5-12-10(11)7-8/h3-7H,1-2H3/b6-4+. The lowest BCUT2D eigenvalue weighted by atomic mass is 10.2. The second-order valence-electron chi connectivity index (χ2n) is 3.01. The molecule has 1 rings (SSSR count). The van der Waals surface area contributed by atoms with Crippen molar-refractivity contribution < 1.29 is 9.18 Å². The number of halogens is 1. The quantitative estimate of drug-likeness (QED) is 0.415. The third kappa shape index (κ3) is 2.97. The van der Waals surface area contributed by atoms with E-state index in [4.69, 9.17) is 0 Å². The summed E-state index contributed by atoms with van der Waals surface area (Å²) >= 11 is 0. The van der Waals surface area contributed by atoms with Crippen molar-refractivity contribution in [3.05, 3.63) is 42.1 Å². The molecule has 0 atom stereocenters. The van der Waals surface area contributed by atoms with E-state index in [1.165, 1.54) is 18.3 Å². The Balaban J connectivity index is 2.80. The largest absolute Gasteiger partial charge is 0.383 e. The zero-order chi connectivity index (χ0) is 10.6. The number of pyridine rings is 1. The van der Waals surface area contributed by atoms with E-state index < -0.39 is 5.95 Å². The lowest BCUT2D eigenvalue weighted by molar-refractivity contribution is 0.104. The van der Waals surface area contributed by atoms with Crippen molar-refractivity contribution in [3.63, 3.8) is 0 Å². The summed E-state index contributed by atoms with van der Waals surface area (Å²) in [6.45, 7) is 0. The summed E-state index contributed by atoms with van der Waals surface area (Å²) in [6, 6.07) is 2.59. The van der Waals surface area contributed by atoms with Gasteiger partial charge in [-0.3, -0.25) is 4.79 Å². The van der Waals surface area contributed by atoms with Crippen molar-refractivity contribution in [1.29, 1.82) is 0 Å². The van der Waals surface area contributed by atoms with Crippen molar-refractivity contribution in [2.45, 2.75) is 0 Å². The Kier molecular flexibility index (Phi) is 3.34. The molecule has 1 heterocycles.